The molecule has 0 bridgehead atoms. The van der Waals surface area contributed by atoms with Crippen molar-refractivity contribution in [3.05, 3.63) is 12.2 Å². The number of nitrogens with one attached hydrogen (secondary N) is 1. The quantitative estimate of drug-likeness (QED) is 0.731. The van der Waals surface area contributed by atoms with E-state index in [0.29, 0.717) is 10.8 Å². The average Bonchev–Trinajstić information content (AvgIpc) is 2.27. The van der Waals surface area contributed by atoms with Gasteiger partial charge < -0.3 is 5.32 Å². The molecule has 0 aromatic rings. The SMILES string of the molecule is C=C1CC[C@H]2C(C)(C)CCCC2(C)[C@H]1CCNC. The molecule has 1 heteroatoms. The third-order valence-electron chi connectivity index (χ3n) is 6.00. The summed E-state index contributed by atoms with van der Waals surface area (Å²) in [6.45, 7) is 13.1. The van der Waals surface area contributed by atoms with E-state index in [1.54, 1.807) is 0 Å². The van der Waals surface area contributed by atoms with Crippen molar-refractivity contribution in [1.29, 1.82) is 0 Å². The minimum absolute atomic E-state index is 0.508. The number of allylic oxidation sites excluding steroid dienone is 1. The number of hydrogen-bond donors (Lipinski definition) is 1. The van der Waals surface area contributed by atoms with Crippen molar-refractivity contribution < 1.29 is 0 Å². The highest BCUT2D eigenvalue weighted by Crippen LogP contribution is 2.61. The second-order valence-corrected chi connectivity index (χ2v) is 7.54. The lowest BCUT2D eigenvalue weighted by atomic mass is 9.47. The van der Waals surface area contributed by atoms with Crippen LogP contribution in [0.3, 0.4) is 0 Å². The van der Waals surface area contributed by atoms with E-state index in [1.165, 1.54) is 44.1 Å². The number of rotatable bonds is 3. The standard InChI is InChI=1S/C17H31N/c1-13-7-8-15-16(2,3)10-6-11-17(15,4)14(13)9-12-18-5/h14-15,18H,1,6-12H2,2-5H3/t14-,15-,17?/m0/s1. The molecule has 0 saturated heterocycles. The molecule has 1 N–H and O–H groups in total. The van der Waals surface area contributed by atoms with Crippen LogP contribution in [0.4, 0.5) is 0 Å². The molecule has 0 aliphatic heterocycles. The summed E-state index contributed by atoms with van der Waals surface area (Å²) in [5, 5.41) is 3.33. The molecule has 0 aromatic heterocycles. The molecule has 2 aliphatic carbocycles. The third kappa shape index (κ3) is 2.27. The molecular formula is C17H31N. The van der Waals surface area contributed by atoms with Crippen molar-refractivity contribution >= 4 is 0 Å². The zero-order valence-corrected chi connectivity index (χ0v) is 12.8. The Labute approximate surface area is 113 Å². The fraction of sp³-hybridized carbons (Fsp3) is 0.882. The van der Waals surface area contributed by atoms with Gasteiger partial charge in [-0.05, 0) is 68.4 Å². The molecule has 2 aliphatic rings. The summed E-state index contributed by atoms with van der Waals surface area (Å²) in [7, 11) is 2.07. The van der Waals surface area contributed by atoms with Crippen LogP contribution in [-0.2, 0) is 0 Å². The molecule has 2 fully saturated rings. The lowest BCUT2D eigenvalue weighted by molar-refractivity contribution is -0.0537. The van der Waals surface area contributed by atoms with Crippen molar-refractivity contribution in [1.82, 2.24) is 5.32 Å². The van der Waals surface area contributed by atoms with Crippen LogP contribution in [0.25, 0.3) is 0 Å². The van der Waals surface area contributed by atoms with E-state index < -0.39 is 0 Å². The summed E-state index contributed by atoms with van der Waals surface area (Å²) in [6, 6.07) is 0. The minimum atomic E-state index is 0.508. The first-order valence-corrected chi connectivity index (χ1v) is 7.74. The Morgan fingerprint density at radius 3 is 2.67 bits per heavy atom. The van der Waals surface area contributed by atoms with Crippen LogP contribution in [-0.4, -0.2) is 13.6 Å². The van der Waals surface area contributed by atoms with Crippen molar-refractivity contribution in [2.45, 2.75) is 59.3 Å². The second kappa shape index (κ2) is 5.00. The normalized spacial score (nSPS) is 39.4. The molecule has 3 atom stereocenters. The van der Waals surface area contributed by atoms with Crippen LogP contribution in [0.1, 0.15) is 59.3 Å². The second-order valence-electron chi connectivity index (χ2n) is 7.54. The maximum absolute atomic E-state index is 4.40. The van der Waals surface area contributed by atoms with Crippen LogP contribution in [0.5, 0.6) is 0 Å². The predicted molar refractivity (Wildman–Crippen MR) is 79.6 cm³/mol. The summed E-state index contributed by atoms with van der Waals surface area (Å²) in [4.78, 5) is 0. The van der Waals surface area contributed by atoms with Gasteiger partial charge in [0.1, 0.15) is 0 Å². The van der Waals surface area contributed by atoms with E-state index >= 15 is 0 Å². The molecule has 0 spiro atoms. The van der Waals surface area contributed by atoms with Gasteiger partial charge in [0.25, 0.3) is 0 Å². The smallest absolute Gasteiger partial charge is 0.00460 e. The van der Waals surface area contributed by atoms with E-state index in [4.69, 9.17) is 0 Å². The molecule has 0 amide bonds. The lowest BCUT2D eigenvalue weighted by Gasteiger charge is -2.58. The van der Waals surface area contributed by atoms with E-state index in [0.717, 1.165) is 18.4 Å². The Bertz CT molecular complexity index is 318. The van der Waals surface area contributed by atoms with Gasteiger partial charge >= 0.3 is 0 Å². The van der Waals surface area contributed by atoms with Gasteiger partial charge in [-0.1, -0.05) is 39.3 Å². The molecule has 2 saturated carbocycles. The molecule has 0 radical (unpaired) electrons. The summed E-state index contributed by atoms with van der Waals surface area (Å²) >= 11 is 0. The lowest BCUT2D eigenvalue weighted by Crippen LogP contribution is -2.49. The zero-order valence-electron chi connectivity index (χ0n) is 12.8. The van der Waals surface area contributed by atoms with Crippen molar-refractivity contribution in [2.24, 2.45) is 22.7 Å². The first-order valence-electron chi connectivity index (χ1n) is 7.74. The van der Waals surface area contributed by atoms with Gasteiger partial charge in [-0.3, -0.25) is 0 Å². The van der Waals surface area contributed by atoms with Crippen LogP contribution in [0.15, 0.2) is 12.2 Å². The maximum Gasteiger partial charge on any atom is -0.00460 e. The maximum atomic E-state index is 4.40. The molecular weight excluding hydrogens is 218 g/mol. The van der Waals surface area contributed by atoms with Gasteiger partial charge in [0.05, 0.1) is 0 Å². The summed E-state index contributed by atoms with van der Waals surface area (Å²) in [6.07, 6.45) is 8.14. The predicted octanol–water partition coefficient (Wildman–Crippen LogP) is 4.39. The van der Waals surface area contributed by atoms with E-state index in [-0.39, 0.29) is 0 Å². The fourth-order valence-corrected chi connectivity index (χ4v) is 5.10. The molecule has 1 unspecified atom stereocenters. The van der Waals surface area contributed by atoms with Crippen molar-refractivity contribution in [3.63, 3.8) is 0 Å². The summed E-state index contributed by atoms with van der Waals surface area (Å²) in [5.74, 6) is 1.63. The van der Waals surface area contributed by atoms with E-state index in [9.17, 15) is 0 Å². The van der Waals surface area contributed by atoms with E-state index in [1.807, 2.05) is 0 Å². The zero-order chi connectivity index (χ0) is 13.4. The topological polar surface area (TPSA) is 12.0 Å². The highest BCUT2D eigenvalue weighted by atomic mass is 14.8. The average molecular weight is 249 g/mol. The van der Waals surface area contributed by atoms with Gasteiger partial charge in [0.15, 0.2) is 0 Å². The van der Waals surface area contributed by atoms with Gasteiger partial charge in [0, 0.05) is 0 Å². The van der Waals surface area contributed by atoms with Crippen molar-refractivity contribution in [2.75, 3.05) is 13.6 Å². The first-order chi connectivity index (χ1) is 8.42. The Kier molecular flexibility index (Phi) is 3.92. The van der Waals surface area contributed by atoms with Gasteiger partial charge in [-0.25, -0.2) is 0 Å². The Balaban J connectivity index is 2.25. The van der Waals surface area contributed by atoms with Crippen LogP contribution < -0.4 is 5.32 Å². The molecule has 104 valence electrons. The van der Waals surface area contributed by atoms with Crippen LogP contribution >= 0.6 is 0 Å². The Hall–Kier alpha value is -0.300. The minimum Gasteiger partial charge on any atom is -0.320 e. The Morgan fingerprint density at radius 2 is 2.00 bits per heavy atom. The van der Waals surface area contributed by atoms with Gasteiger partial charge in [-0.15, -0.1) is 0 Å². The highest BCUT2D eigenvalue weighted by Gasteiger charge is 2.52. The van der Waals surface area contributed by atoms with Gasteiger partial charge in [-0.2, -0.15) is 0 Å². The monoisotopic (exact) mass is 249 g/mol. The largest absolute Gasteiger partial charge is 0.320 e. The Morgan fingerprint density at radius 1 is 1.28 bits per heavy atom. The fourth-order valence-electron chi connectivity index (χ4n) is 5.10. The molecule has 18 heavy (non-hydrogen) atoms. The van der Waals surface area contributed by atoms with Gasteiger partial charge in [0.2, 0.25) is 0 Å². The van der Waals surface area contributed by atoms with Crippen LogP contribution in [0.2, 0.25) is 0 Å². The molecule has 0 heterocycles. The molecule has 1 nitrogen and oxygen atoms in total. The van der Waals surface area contributed by atoms with Crippen molar-refractivity contribution in [3.8, 4) is 0 Å². The summed E-state index contributed by atoms with van der Waals surface area (Å²) < 4.78 is 0. The van der Waals surface area contributed by atoms with Crippen LogP contribution in [0, 0.1) is 22.7 Å². The molecule has 2 rings (SSSR count). The first kappa shape index (κ1) is 14.1. The summed E-state index contributed by atoms with van der Waals surface area (Å²) in [5.41, 5.74) is 2.57. The van der Waals surface area contributed by atoms with E-state index in [2.05, 4.69) is 39.7 Å². The highest BCUT2D eigenvalue weighted by molar-refractivity contribution is 5.15. The molecule has 0 aromatic carbocycles. The third-order valence-corrected chi connectivity index (χ3v) is 6.00. The number of fused-ring (bicyclic) bond motifs is 1. The number of hydrogen-bond acceptors (Lipinski definition) is 1.